The van der Waals surface area contributed by atoms with Gasteiger partial charge in [-0.2, -0.15) is 0 Å². The molecule has 0 radical (unpaired) electrons. The van der Waals surface area contributed by atoms with Crippen molar-refractivity contribution >= 4 is 23.3 Å². The average molecular weight is 411 g/mol. The molecule has 7 heteroatoms. The van der Waals surface area contributed by atoms with Crippen LogP contribution >= 0.6 is 11.6 Å². The maximum atomic E-state index is 12.5. The summed E-state index contributed by atoms with van der Waals surface area (Å²) >= 11 is 5.90. The first-order chi connectivity index (χ1) is 14.2. The number of carbonyl (C=O) groups excluding carboxylic acids is 1. The molecule has 1 amide bonds. The number of nitrogens with zero attached hydrogens (tertiary/aromatic N) is 3. The largest absolute Gasteiger partial charge is 0.463 e. The van der Waals surface area contributed by atoms with Crippen LogP contribution in [0.25, 0.3) is 11.5 Å². The summed E-state index contributed by atoms with van der Waals surface area (Å²) < 4.78 is 5.34. The van der Waals surface area contributed by atoms with Crippen molar-refractivity contribution in [1.82, 2.24) is 15.5 Å². The summed E-state index contributed by atoms with van der Waals surface area (Å²) in [5, 5.41) is 12.4. The fraction of sp³-hybridized carbons (Fsp3) is 0.318. The van der Waals surface area contributed by atoms with Gasteiger partial charge in [0, 0.05) is 30.6 Å². The summed E-state index contributed by atoms with van der Waals surface area (Å²) in [6.07, 6.45) is 4.05. The van der Waals surface area contributed by atoms with Crippen molar-refractivity contribution in [1.29, 1.82) is 0 Å². The van der Waals surface area contributed by atoms with Crippen molar-refractivity contribution in [2.75, 3.05) is 24.5 Å². The summed E-state index contributed by atoms with van der Waals surface area (Å²) in [5.41, 5.74) is 1.88. The number of hydrogen-bond acceptors (Lipinski definition) is 5. The molecule has 1 aliphatic rings. The number of aromatic nitrogens is 2. The minimum absolute atomic E-state index is 0.0480. The number of furan rings is 1. The van der Waals surface area contributed by atoms with E-state index < -0.39 is 0 Å². The molecule has 1 saturated heterocycles. The second-order valence-corrected chi connectivity index (χ2v) is 7.62. The number of rotatable bonds is 6. The first-order valence-electron chi connectivity index (χ1n) is 9.84. The highest BCUT2D eigenvalue weighted by molar-refractivity contribution is 6.30. The van der Waals surface area contributed by atoms with E-state index in [0.717, 1.165) is 43.2 Å². The second kappa shape index (κ2) is 9.09. The Morgan fingerprint density at radius 1 is 1.10 bits per heavy atom. The molecule has 0 spiro atoms. The molecule has 3 heterocycles. The topological polar surface area (TPSA) is 71.3 Å². The summed E-state index contributed by atoms with van der Waals surface area (Å²) in [6.45, 7) is 2.23. The summed E-state index contributed by atoms with van der Waals surface area (Å²) in [6, 6.07) is 15.3. The van der Waals surface area contributed by atoms with E-state index in [4.69, 9.17) is 16.0 Å². The maximum absolute atomic E-state index is 12.5. The Morgan fingerprint density at radius 2 is 1.90 bits per heavy atom. The van der Waals surface area contributed by atoms with Crippen LogP contribution in [0.2, 0.25) is 5.02 Å². The molecule has 2 aromatic heterocycles. The lowest BCUT2D eigenvalue weighted by atomic mass is 9.96. The molecule has 1 fully saturated rings. The van der Waals surface area contributed by atoms with Gasteiger partial charge in [0.1, 0.15) is 5.69 Å². The molecular formula is C22H23ClN4O2. The van der Waals surface area contributed by atoms with E-state index in [1.54, 1.807) is 6.26 Å². The molecule has 29 heavy (non-hydrogen) atoms. The number of carbonyl (C=O) groups is 1. The molecule has 0 saturated carbocycles. The lowest BCUT2D eigenvalue weighted by Gasteiger charge is -2.31. The van der Waals surface area contributed by atoms with Crippen LogP contribution < -0.4 is 10.2 Å². The van der Waals surface area contributed by atoms with Crippen molar-refractivity contribution in [2.24, 2.45) is 5.92 Å². The predicted octanol–water partition coefficient (Wildman–Crippen LogP) is 3.97. The molecule has 0 atom stereocenters. The van der Waals surface area contributed by atoms with Crippen LogP contribution in [0.3, 0.4) is 0 Å². The highest BCUT2D eigenvalue weighted by Gasteiger charge is 2.25. The smallest absolute Gasteiger partial charge is 0.223 e. The zero-order valence-electron chi connectivity index (χ0n) is 16.1. The van der Waals surface area contributed by atoms with Crippen molar-refractivity contribution in [3.63, 3.8) is 0 Å². The van der Waals surface area contributed by atoms with Crippen LogP contribution in [-0.4, -0.2) is 35.7 Å². The Hall–Kier alpha value is -2.86. The summed E-state index contributed by atoms with van der Waals surface area (Å²) in [5.74, 6) is 1.73. The number of halogens is 1. The Morgan fingerprint density at radius 3 is 2.55 bits per heavy atom. The van der Waals surface area contributed by atoms with Crippen LogP contribution in [0.5, 0.6) is 0 Å². The highest BCUT2D eigenvalue weighted by Crippen LogP contribution is 2.23. The van der Waals surface area contributed by atoms with E-state index in [1.807, 2.05) is 48.5 Å². The van der Waals surface area contributed by atoms with Crippen molar-refractivity contribution < 1.29 is 9.21 Å². The molecule has 1 aliphatic heterocycles. The molecule has 6 nitrogen and oxygen atoms in total. The van der Waals surface area contributed by atoms with Gasteiger partial charge in [-0.25, -0.2) is 0 Å². The molecule has 3 aromatic rings. The van der Waals surface area contributed by atoms with Crippen LogP contribution in [0.4, 0.5) is 5.82 Å². The number of nitrogens with one attached hydrogen (secondary N) is 1. The fourth-order valence-corrected chi connectivity index (χ4v) is 3.67. The molecule has 1 N–H and O–H groups in total. The van der Waals surface area contributed by atoms with E-state index in [-0.39, 0.29) is 11.8 Å². The van der Waals surface area contributed by atoms with Gasteiger partial charge in [0.15, 0.2) is 11.6 Å². The van der Waals surface area contributed by atoms with Crippen molar-refractivity contribution in [3.8, 4) is 11.5 Å². The quantitative estimate of drug-likeness (QED) is 0.665. The first-order valence-corrected chi connectivity index (χ1v) is 10.2. The van der Waals surface area contributed by atoms with E-state index in [9.17, 15) is 4.79 Å². The number of anilines is 1. The molecule has 0 unspecified atom stereocenters. The standard InChI is InChI=1S/C22H23ClN4O2/c23-18-5-3-16(4-6-18)9-12-24-22(28)17-10-13-27(14-11-17)21-8-7-19(25-26-21)20-2-1-15-29-20/h1-8,15,17H,9-14H2,(H,24,28). The molecule has 0 aliphatic carbocycles. The molecule has 1 aromatic carbocycles. The van der Waals surface area contributed by atoms with Gasteiger partial charge in [-0.3, -0.25) is 4.79 Å². The van der Waals surface area contributed by atoms with Gasteiger partial charge in [0.2, 0.25) is 5.91 Å². The lowest BCUT2D eigenvalue weighted by Crippen LogP contribution is -2.41. The number of hydrogen-bond donors (Lipinski definition) is 1. The molecular weight excluding hydrogens is 388 g/mol. The Balaban J connectivity index is 1.23. The van der Waals surface area contributed by atoms with Crippen molar-refractivity contribution in [3.05, 3.63) is 65.4 Å². The summed E-state index contributed by atoms with van der Waals surface area (Å²) in [7, 11) is 0. The monoisotopic (exact) mass is 410 g/mol. The number of benzene rings is 1. The number of piperidine rings is 1. The van der Waals surface area contributed by atoms with Crippen LogP contribution in [0.15, 0.2) is 59.2 Å². The Kier molecular flexibility index (Phi) is 6.10. The third-order valence-electron chi connectivity index (χ3n) is 5.24. The third kappa shape index (κ3) is 4.95. The van der Waals surface area contributed by atoms with Gasteiger partial charge in [0.25, 0.3) is 0 Å². The first kappa shape index (κ1) is 19.5. The maximum Gasteiger partial charge on any atom is 0.223 e. The SMILES string of the molecule is O=C(NCCc1ccc(Cl)cc1)C1CCN(c2ccc(-c3ccco3)nn2)CC1. The normalized spacial score (nSPS) is 14.7. The van der Waals surface area contributed by atoms with E-state index in [1.165, 1.54) is 5.56 Å². The number of amides is 1. The minimum Gasteiger partial charge on any atom is -0.463 e. The van der Waals surface area contributed by atoms with E-state index in [0.29, 0.717) is 18.0 Å². The van der Waals surface area contributed by atoms with Gasteiger partial charge in [0.05, 0.1) is 6.26 Å². The zero-order chi connectivity index (χ0) is 20.1. The van der Waals surface area contributed by atoms with Gasteiger partial charge in [-0.05, 0) is 61.2 Å². The van der Waals surface area contributed by atoms with Gasteiger partial charge >= 0.3 is 0 Å². The summed E-state index contributed by atoms with van der Waals surface area (Å²) in [4.78, 5) is 14.6. The van der Waals surface area contributed by atoms with Gasteiger partial charge in [-0.1, -0.05) is 23.7 Å². The van der Waals surface area contributed by atoms with Gasteiger partial charge < -0.3 is 14.6 Å². The average Bonchev–Trinajstić information content (AvgIpc) is 3.30. The van der Waals surface area contributed by atoms with Crippen LogP contribution in [0, 0.1) is 5.92 Å². The molecule has 0 bridgehead atoms. The predicted molar refractivity (Wildman–Crippen MR) is 113 cm³/mol. The zero-order valence-corrected chi connectivity index (χ0v) is 16.8. The third-order valence-corrected chi connectivity index (χ3v) is 5.49. The Bertz CT molecular complexity index is 918. The Labute approximate surface area is 174 Å². The molecule has 150 valence electrons. The van der Waals surface area contributed by atoms with Crippen LogP contribution in [-0.2, 0) is 11.2 Å². The fourth-order valence-electron chi connectivity index (χ4n) is 3.55. The highest BCUT2D eigenvalue weighted by atomic mass is 35.5. The van der Waals surface area contributed by atoms with Crippen molar-refractivity contribution in [2.45, 2.75) is 19.3 Å². The minimum atomic E-state index is 0.0480. The van der Waals surface area contributed by atoms with E-state index >= 15 is 0 Å². The van der Waals surface area contributed by atoms with Gasteiger partial charge in [-0.15, -0.1) is 10.2 Å². The van der Waals surface area contributed by atoms with E-state index in [2.05, 4.69) is 20.4 Å². The second-order valence-electron chi connectivity index (χ2n) is 7.18. The lowest BCUT2D eigenvalue weighted by molar-refractivity contribution is -0.125. The molecule has 4 rings (SSSR count). The van der Waals surface area contributed by atoms with Crippen LogP contribution in [0.1, 0.15) is 18.4 Å².